The third kappa shape index (κ3) is 13.0. The first-order valence-electron chi connectivity index (χ1n) is 22.7. The fourth-order valence-electron chi connectivity index (χ4n) is 6.50. The van der Waals surface area contributed by atoms with Crippen LogP contribution in [0.2, 0.25) is 0 Å². The second kappa shape index (κ2) is 22.3. The molecule has 20 nitrogen and oxygen atoms in total. The lowest BCUT2D eigenvalue weighted by Gasteiger charge is -2.17. The number of carbonyl (C=O) groups excluding carboxylic acids is 7. The zero-order valence-corrected chi connectivity index (χ0v) is 36.4. The standard InChI is InChI=1S/C25H22N4O6.C24H20N4O6/c1-34-25(33)17-5-2-15(3-6-17)11-26-23(31)20-10-21(29-14-28-20)24(32)27-12-16-4-7-22-18(8-16)9-19(30)13-35-22;29-18-8-17-7-15(3-6-21(17)34-12-18)11-26-23(31)20-9-19(27-13-28-20)22(30)25-10-14-1-4-16(5-2-14)24(32)33/h2-8,10,14H,9,11-13H2,1H3,(H,26,31)(H,27,32);1-7,9,13H,8,10-12H2,(H,25,30)(H,26,31)(H,32,33)/i12D2;11D2. The van der Waals surface area contributed by atoms with E-state index >= 15 is 0 Å². The molecule has 0 bridgehead atoms. The Bertz CT molecular complexity index is 3160. The summed E-state index contributed by atoms with van der Waals surface area (Å²) in [4.78, 5) is 112. The predicted octanol–water partition coefficient (Wildman–Crippen LogP) is 3.17. The Morgan fingerprint density at radius 1 is 0.551 bits per heavy atom. The van der Waals surface area contributed by atoms with E-state index in [-0.39, 0.29) is 90.2 Å². The number of esters is 1. The lowest BCUT2D eigenvalue weighted by atomic mass is 10.0. The average Bonchev–Trinajstić information content (AvgIpc) is 3.39. The minimum absolute atomic E-state index is 0.0265. The molecule has 4 amide bonds. The monoisotopic (exact) mass is 938 g/mol. The van der Waals surface area contributed by atoms with Gasteiger partial charge < -0.3 is 40.6 Å². The minimum Gasteiger partial charge on any atom is -0.486 e. The predicted molar refractivity (Wildman–Crippen MR) is 241 cm³/mol. The van der Waals surface area contributed by atoms with Crippen molar-refractivity contribution in [2.75, 3.05) is 20.3 Å². The number of hydrogen-bond donors (Lipinski definition) is 5. The highest BCUT2D eigenvalue weighted by atomic mass is 16.5. The Labute approximate surface area is 398 Å². The number of ether oxygens (including phenoxy) is 3. The van der Waals surface area contributed by atoms with Gasteiger partial charge in [-0.15, -0.1) is 0 Å². The molecule has 0 aliphatic carbocycles. The molecule has 350 valence electrons. The maximum atomic E-state index is 12.8. The van der Waals surface area contributed by atoms with Gasteiger partial charge in [0.15, 0.2) is 11.6 Å². The third-order valence-corrected chi connectivity index (χ3v) is 10.1. The summed E-state index contributed by atoms with van der Waals surface area (Å²) in [7, 11) is 1.29. The summed E-state index contributed by atoms with van der Waals surface area (Å²) in [5.74, 6) is -3.70. The third-order valence-electron chi connectivity index (χ3n) is 10.1. The molecule has 2 aliphatic heterocycles. The molecule has 4 aromatic carbocycles. The summed E-state index contributed by atoms with van der Waals surface area (Å²) in [6, 6.07) is 23.7. The highest BCUT2D eigenvalue weighted by Crippen LogP contribution is 2.25. The molecular formula is C49H42N8O12. The number of aromatic nitrogens is 4. The van der Waals surface area contributed by atoms with E-state index in [4.69, 9.17) is 20.1 Å². The summed E-state index contributed by atoms with van der Waals surface area (Å²) >= 11 is 0. The van der Waals surface area contributed by atoms with Gasteiger partial charge in [0.2, 0.25) is 0 Å². The van der Waals surface area contributed by atoms with Crippen molar-refractivity contribution in [3.63, 3.8) is 0 Å². The molecule has 0 fully saturated rings. The van der Waals surface area contributed by atoms with Gasteiger partial charge >= 0.3 is 11.9 Å². The Morgan fingerprint density at radius 2 is 0.928 bits per heavy atom. The summed E-state index contributed by atoms with van der Waals surface area (Å²) < 4.78 is 48.5. The largest absolute Gasteiger partial charge is 0.486 e. The normalized spacial score (nSPS) is 13.5. The van der Waals surface area contributed by atoms with Gasteiger partial charge in [0.05, 0.1) is 23.7 Å². The quantitative estimate of drug-likeness (QED) is 0.0981. The van der Waals surface area contributed by atoms with Crippen LogP contribution in [0.3, 0.4) is 0 Å². The van der Waals surface area contributed by atoms with Crippen LogP contribution in [0.5, 0.6) is 11.5 Å². The SMILES string of the molecule is [2H]C([2H])(NC(=O)c1cc(C(=O)NCc2ccc(C(=O)O)cc2)ncn1)c1ccc2c(c1)CC(=O)CO2.[2H]C([2H])(NC(=O)c1cc(C(=O)NCc2ccc(C(=O)OC)cc2)ncn1)c1ccc2c(c1)CC(=O)CO2. The van der Waals surface area contributed by atoms with Crippen molar-refractivity contribution in [2.24, 2.45) is 0 Å². The first-order valence-corrected chi connectivity index (χ1v) is 20.7. The Balaban J connectivity index is 0.000000214. The fraction of sp³-hybridized carbons (Fsp3) is 0.184. The van der Waals surface area contributed by atoms with Crippen LogP contribution in [0, 0.1) is 0 Å². The smallest absolute Gasteiger partial charge is 0.337 e. The van der Waals surface area contributed by atoms with Gasteiger partial charge in [0.25, 0.3) is 23.6 Å². The number of methoxy groups -OCH3 is 1. The molecular weight excluding hydrogens is 893 g/mol. The number of carbonyl (C=O) groups is 8. The number of carboxylic acid groups (broad SMARTS) is 1. The number of aromatic carboxylic acids is 1. The summed E-state index contributed by atoms with van der Waals surface area (Å²) in [5, 5.41) is 18.7. The van der Waals surface area contributed by atoms with E-state index in [0.29, 0.717) is 33.8 Å². The number of carboxylic acids is 1. The van der Waals surface area contributed by atoms with Gasteiger partial charge in [-0.05, 0) is 70.8 Å². The average molecular weight is 939 g/mol. The van der Waals surface area contributed by atoms with Gasteiger partial charge in [-0.1, -0.05) is 36.4 Å². The molecule has 0 saturated carbocycles. The van der Waals surface area contributed by atoms with Crippen molar-refractivity contribution in [2.45, 2.75) is 38.9 Å². The molecule has 6 aromatic rings. The van der Waals surface area contributed by atoms with E-state index in [9.17, 15) is 38.4 Å². The number of Topliss-reactive ketones (excluding diaryl/α,β-unsaturated/α-hetero) is 2. The summed E-state index contributed by atoms with van der Waals surface area (Å²) in [6.07, 6.45) is 2.28. The van der Waals surface area contributed by atoms with Gasteiger partial charge in [-0.2, -0.15) is 0 Å². The topological polar surface area (TPSA) is 284 Å². The Morgan fingerprint density at radius 3 is 1.32 bits per heavy atom. The molecule has 5 N–H and O–H groups in total. The van der Waals surface area contributed by atoms with Crippen LogP contribution in [0.25, 0.3) is 0 Å². The van der Waals surface area contributed by atoms with Gasteiger partial charge in [0.1, 0.15) is 60.1 Å². The molecule has 0 radical (unpaired) electrons. The first kappa shape index (κ1) is 42.4. The van der Waals surface area contributed by atoms with E-state index < -0.39 is 48.6 Å². The molecule has 20 heteroatoms. The second-order valence-electron chi connectivity index (χ2n) is 14.9. The molecule has 2 aliphatic rings. The molecule has 0 saturated heterocycles. The highest BCUT2D eigenvalue weighted by Gasteiger charge is 2.20. The van der Waals surface area contributed by atoms with E-state index in [1.54, 1.807) is 48.5 Å². The number of rotatable bonds is 14. The second-order valence-corrected chi connectivity index (χ2v) is 14.9. The zero-order chi connectivity index (χ0) is 52.5. The maximum absolute atomic E-state index is 12.8. The number of ketones is 2. The van der Waals surface area contributed by atoms with Crippen molar-refractivity contribution in [1.82, 2.24) is 41.2 Å². The number of nitrogens with one attached hydrogen (secondary N) is 4. The minimum atomic E-state index is -2.30. The molecule has 8 rings (SSSR count). The molecule has 69 heavy (non-hydrogen) atoms. The fourth-order valence-corrected chi connectivity index (χ4v) is 6.50. The van der Waals surface area contributed by atoms with Gasteiger partial charge in [-0.3, -0.25) is 28.8 Å². The van der Waals surface area contributed by atoms with E-state index in [2.05, 4.69) is 45.9 Å². The van der Waals surface area contributed by atoms with Crippen LogP contribution in [-0.4, -0.2) is 92.5 Å². The zero-order valence-electron chi connectivity index (χ0n) is 40.4. The first-order chi connectivity index (χ1) is 34.8. The van der Waals surface area contributed by atoms with E-state index in [1.807, 2.05) is 0 Å². The van der Waals surface area contributed by atoms with Crippen LogP contribution in [0.4, 0.5) is 0 Å². The van der Waals surface area contributed by atoms with Crippen molar-refractivity contribution in [3.05, 3.63) is 177 Å². The Kier molecular flexibility index (Phi) is 13.7. The molecule has 0 atom stereocenters. The number of amides is 4. The highest BCUT2D eigenvalue weighted by molar-refractivity contribution is 5.98. The molecule has 0 unspecified atom stereocenters. The van der Waals surface area contributed by atoms with E-state index in [1.165, 1.54) is 43.5 Å². The maximum Gasteiger partial charge on any atom is 0.337 e. The van der Waals surface area contributed by atoms with Crippen LogP contribution < -0.4 is 30.7 Å². The van der Waals surface area contributed by atoms with Crippen molar-refractivity contribution >= 4 is 47.1 Å². The number of benzene rings is 4. The van der Waals surface area contributed by atoms with E-state index in [0.717, 1.165) is 30.4 Å². The summed E-state index contributed by atoms with van der Waals surface area (Å²) in [5.41, 5.74) is 2.56. The van der Waals surface area contributed by atoms with Crippen molar-refractivity contribution in [3.8, 4) is 11.5 Å². The number of nitrogens with zero attached hydrogens (tertiary/aromatic N) is 4. The summed E-state index contributed by atoms with van der Waals surface area (Å²) in [6.45, 7) is -4.42. The lowest BCUT2D eigenvalue weighted by Crippen LogP contribution is -2.27. The molecule has 0 spiro atoms. The number of hydrogen-bond acceptors (Lipinski definition) is 15. The Hall–Kier alpha value is -9.20. The lowest BCUT2D eigenvalue weighted by molar-refractivity contribution is -0.122. The molecule has 2 aromatic heterocycles. The van der Waals surface area contributed by atoms with Crippen LogP contribution in [-0.2, 0) is 53.3 Å². The van der Waals surface area contributed by atoms with Crippen molar-refractivity contribution in [1.29, 1.82) is 0 Å². The van der Waals surface area contributed by atoms with Gasteiger partial charge in [-0.25, -0.2) is 29.5 Å². The number of fused-ring (bicyclic) bond motifs is 2. The van der Waals surface area contributed by atoms with Crippen LogP contribution in [0.1, 0.15) is 102 Å². The van der Waals surface area contributed by atoms with Gasteiger partial charge in [0, 0.05) is 62.2 Å². The van der Waals surface area contributed by atoms with Crippen molar-refractivity contribution < 1.29 is 63.2 Å². The van der Waals surface area contributed by atoms with Crippen LogP contribution in [0.15, 0.2) is 110 Å². The van der Waals surface area contributed by atoms with Crippen LogP contribution >= 0.6 is 0 Å². The molecule has 4 heterocycles.